The Kier molecular flexibility index (Phi) is 4.98. The highest BCUT2D eigenvalue weighted by Gasteiger charge is 2.40. The van der Waals surface area contributed by atoms with Gasteiger partial charge in [-0.05, 0) is 32.4 Å². The fraction of sp³-hybridized carbons (Fsp3) is 0.933. The minimum Gasteiger partial charge on any atom is -0.395 e. The SMILES string of the molecule is CC1(C)CCC(CN2CCCN(CCO)CC2)C1=O. The van der Waals surface area contributed by atoms with Crippen molar-refractivity contribution < 1.29 is 9.90 Å². The molecule has 0 bridgehead atoms. The molecule has 0 amide bonds. The maximum absolute atomic E-state index is 12.3. The third kappa shape index (κ3) is 3.77. The first kappa shape index (κ1) is 14.9. The lowest BCUT2D eigenvalue weighted by Crippen LogP contribution is -2.37. The summed E-state index contributed by atoms with van der Waals surface area (Å²) in [4.78, 5) is 17.0. The number of hydrogen-bond acceptors (Lipinski definition) is 4. The van der Waals surface area contributed by atoms with E-state index in [0.717, 1.165) is 58.5 Å². The summed E-state index contributed by atoms with van der Waals surface area (Å²) in [6, 6.07) is 0. The molecule has 1 atom stereocenters. The number of carbonyl (C=O) groups excluding carboxylic acids is 1. The van der Waals surface area contributed by atoms with Crippen LogP contribution in [0.1, 0.15) is 33.1 Å². The molecule has 2 rings (SSSR count). The van der Waals surface area contributed by atoms with Gasteiger partial charge in [-0.15, -0.1) is 0 Å². The summed E-state index contributed by atoms with van der Waals surface area (Å²) in [7, 11) is 0. The van der Waals surface area contributed by atoms with Gasteiger partial charge in [-0.2, -0.15) is 0 Å². The maximum Gasteiger partial charge on any atom is 0.142 e. The van der Waals surface area contributed by atoms with E-state index < -0.39 is 0 Å². The number of β-amino-alcohol motifs (C(OH)–C–C–N with tert-alkyl or cyclic N) is 1. The number of ketones is 1. The van der Waals surface area contributed by atoms with Gasteiger partial charge < -0.3 is 10.0 Å². The van der Waals surface area contributed by atoms with E-state index in [0.29, 0.717) is 5.78 Å². The normalized spacial score (nSPS) is 29.6. The first-order valence-corrected chi connectivity index (χ1v) is 7.63. The molecule has 19 heavy (non-hydrogen) atoms. The minimum absolute atomic E-state index is 0.0978. The van der Waals surface area contributed by atoms with Gasteiger partial charge in [-0.3, -0.25) is 9.69 Å². The molecule has 110 valence electrons. The Morgan fingerprint density at radius 1 is 1.21 bits per heavy atom. The monoisotopic (exact) mass is 268 g/mol. The lowest BCUT2D eigenvalue weighted by molar-refractivity contribution is -0.127. The van der Waals surface area contributed by atoms with E-state index in [4.69, 9.17) is 5.11 Å². The predicted molar refractivity (Wildman–Crippen MR) is 76.1 cm³/mol. The van der Waals surface area contributed by atoms with E-state index in [1.807, 2.05) is 0 Å². The molecule has 0 aromatic heterocycles. The third-order valence-corrected chi connectivity index (χ3v) is 4.73. The molecule has 1 saturated heterocycles. The Morgan fingerprint density at radius 3 is 2.53 bits per heavy atom. The number of aliphatic hydroxyl groups excluding tert-OH is 1. The van der Waals surface area contributed by atoms with E-state index >= 15 is 0 Å². The van der Waals surface area contributed by atoms with Crippen molar-refractivity contribution in [3.8, 4) is 0 Å². The van der Waals surface area contributed by atoms with Crippen molar-refractivity contribution in [1.29, 1.82) is 0 Å². The molecule has 1 aliphatic carbocycles. The fourth-order valence-electron chi connectivity index (χ4n) is 3.40. The Hall–Kier alpha value is -0.450. The third-order valence-electron chi connectivity index (χ3n) is 4.73. The summed E-state index contributed by atoms with van der Waals surface area (Å²) in [5.74, 6) is 0.711. The molecule has 1 saturated carbocycles. The highest BCUT2D eigenvalue weighted by atomic mass is 16.3. The van der Waals surface area contributed by atoms with Crippen LogP contribution in [0, 0.1) is 11.3 Å². The number of rotatable bonds is 4. The number of nitrogens with zero attached hydrogens (tertiary/aromatic N) is 2. The molecule has 1 N–H and O–H groups in total. The molecule has 4 heteroatoms. The smallest absolute Gasteiger partial charge is 0.142 e. The second-order valence-electron chi connectivity index (χ2n) is 6.70. The van der Waals surface area contributed by atoms with E-state index in [1.54, 1.807) is 0 Å². The Bertz CT molecular complexity index is 317. The maximum atomic E-state index is 12.3. The first-order chi connectivity index (χ1) is 9.03. The van der Waals surface area contributed by atoms with Crippen LogP contribution in [0.2, 0.25) is 0 Å². The van der Waals surface area contributed by atoms with Crippen LogP contribution in [0.15, 0.2) is 0 Å². The molecule has 4 nitrogen and oxygen atoms in total. The molecule has 1 heterocycles. The van der Waals surface area contributed by atoms with E-state index in [2.05, 4.69) is 23.6 Å². The van der Waals surface area contributed by atoms with Crippen LogP contribution >= 0.6 is 0 Å². The highest BCUT2D eigenvalue weighted by Crippen LogP contribution is 2.37. The molecule has 0 aromatic carbocycles. The molecule has 1 unspecified atom stereocenters. The molecular formula is C15H28N2O2. The molecule has 0 spiro atoms. The van der Waals surface area contributed by atoms with Gasteiger partial charge in [0.1, 0.15) is 5.78 Å². The molecular weight excluding hydrogens is 240 g/mol. The van der Waals surface area contributed by atoms with Crippen molar-refractivity contribution in [3.05, 3.63) is 0 Å². The van der Waals surface area contributed by atoms with Crippen LogP contribution < -0.4 is 0 Å². The Balaban J connectivity index is 1.82. The molecule has 2 aliphatic rings. The Labute approximate surface area is 116 Å². The second-order valence-corrected chi connectivity index (χ2v) is 6.70. The van der Waals surface area contributed by atoms with Crippen LogP contribution in [-0.2, 0) is 4.79 Å². The largest absolute Gasteiger partial charge is 0.395 e. The van der Waals surface area contributed by atoms with Crippen LogP contribution in [0.25, 0.3) is 0 Å². The van der Waals surface area contributed by atoms with Crippen molar-refractivity contribution >= 4 is 5.78 Å². The first-order valence-electron chi connectivity index (χ1n) is 7.63. The zero-order chi connectivity index (χ0) is 13.9. The predicted octanol–water partition coefficient (Wildman–Crippen LogP) is 0.992. The van der Waals surface area contributed by atoms with Crippen molar-refractivity contribution in [3.63, 3.8) is 0 Å². The van der Waals surface area contributed by atoms with Crippen LogP contribution in [0.3, 0.4) is 0 Å². The van der Waals surface area contributed by atoms with Crippen LogP contribution in [-0.4, -0.2) is 66.6 Å². The number of hydrogen-bond donors (Lipinski definition) is 1. The van der Waals surface area contributed by atoms with Gasteiger partial charge in [0.2, 0.25) is 0 Å². The van der Waals surface area contributed by atoms with Crippen molar-refractivity contribution in [2.75, 3.05) is 45.9 Å². The lowest BCUT2D eigenvalue weighted by Gasteiger charge is -2.24. The van der Waals surface area contributed by atoms with Crippen molar-refractivity contribution in [1.82, 2.24) is 9.80 Å². The molecule has 1 aliphatic heterocycles. The minimum atomic E-state index is -0.0978. The average Bonchev–Trinajstić information content (AvgIpc) is 2.57. The number of aliphatic hydroxyl groups is 1. The zero-order valence-electron chi connectivity index (χ0n) is 12.4. The second kappa shape index (κ2) is 6.33. The average molecular weight is 268 g/mol. The van der Waals surface area contributed by atoms with Gasteiger partial charge in [-0.25, -0.2) is 0 Å². The summed E-state index contributed by atoms with van der Waals surface area (Å²) in [5.41, 5.74) is -0.0978. The summed E-state index contributed by atoms with van der Waals surface area (Å²) < 4.78 is 0. The van der Waals surface area contributed by atoms with E-state index in [1.165, 1.54) is 0 Å². The van der Waals surface area contributed by atoms with Gasteiger partial charge in [0.15, 0.2) is 0 Å². The van der Waals surface area contributed by atoms with Gasteiger partial charge in [0.05, 0.1) is 6.61 Å². The van der Waals surface area contributed by atoms with Gasteiger partial charge in [0.25, 0.3) is 0 Å². The Morgan fingerprint density at radius 2 is 1.89 bits per heavy atom. The van der Waals surface area contributed by atoms with E-state index in [9.17, 15) is 4.79 Å². The summed E-state index contributed by atoms with van der Waals surface area (Å²) in [6.45, 7) is 10.3. The quantitative estimate of drug-likeness (QED) is 0.826. The molecule has 2 fully saturated rings. The topological polar surface area (TPSA) is 43.8 Å². The van der Waals surface area contributed by atoms with Crippen LogP contribution in [0.4, 0.5) is 0 Å². The lowest BCUT2D eigenvalue weighted by atomic mass is 9.89. The van der Waals surface area contributed by atoms with Crippen molar-refractivity contribution in [2.45, 2.75) is 33.1 Å². The standard InChI is InChI=1S/C15H28N2O2/c1-15(2)5-4-13(14(15)19)12-17-7-3-6-16(8-9-17)10-11-18/h13,18H,3-12H2,1-2H3. The molecule has 0 aromatic rings. The van der Waals surface area contributed by atoms with Gasteiger partial charge in [-0.1, -0.05) is 13.8 Å². The van der Waals surface area contributed by atoms with Gasteiger partial charge in [0, 0.05) is 37.5 Å². The highest BCUT2D eigenvalue weighted by molar-refractivity contribution is 5.88. The summed E-state index contributed by atoms with van der Waals surface area (Å²) in [6.07, 6.45) is 3.24. The molecule has 0 radical (unpaired) electrons. The van der Waals surface area contributed by atoms with Crippen LogP contribution in [0.5, 0.6) is 0 Å². The van der Waals surface area contributed by atoms with E-state index in [-0.39, 0.29) is 17.9 Å². The zero-order valence-corrected chi connectivity index (χ0v) is 12.4. The summed E-state index contributed by atoms with van der Waals surface area (Å²) in [5, 5.41) is 9.00. The summed E-state index contributed by atoms with van der Waals surface area (Å²) >= 11 is 0. The number of Topliss-reactive ketones (excluding diaryl/α,β-unsaturated/α-hetero) is 1. The fourth-order valence-corrected chi connectivity index (χ4v) is 3.40. The van der Waals surface area contributed by atoms with Crippen molar-refractivity contribution in [2.24, 2.45) is 11.3 Å². The van der Waals surface area contributed by atoms with Gasteiger partial charge >= 0.3 is 0 Å². The number of carbonyl (C=O) groups is 1.